The van der Waals surface area contributed by atoms with E-state index in [1.54, 1.807) is 13.0 Å². The molecule has 0 aliphatic rings. The van der Waals surface area contributed by atoms with E-state index in [0.717, 1.165) is 24.3 Å². The fraction of sp³-hybridized carbons (Fsp3) is 0.235. The molecule has 0 bridgehead atoms. The van der Waals surface area contributed by atoms with Crippen molar-refractivity contribution >= 4 is 5.91 Å². The number of hydrogen-bond acceptors (Lipinski definition) is 2. The Morgan fingerprint density at radius 1 is 1.12 bits per heavy atom. The minimum Gasteiger partial charge on any atom is -0.494 e. The number of hydrogen-bond donors (Lipinski definition) is 1. The normalized spacial score (nSPS) is 12.6. The number of methoxy groups -OCH3 is 1. The molecule has 2 rings (SSSR count). The van der Waals surface area contributed by atoms with Gasteiger partial charge in [-0.2, -0.15) is 13.2 Å². The van der Waals surface area contributed by atoms with Gasteiger partial charge in [0, 0.05) is 5.56 Å². The Labute approximate surface area is 136 Å². The van der Waals surface area contributed by atoms with E-state index in [0.29, 0.717) is 5.56 Å². The number of carbonyl (C=O) groups is 1. The van der Waals surface area contributed by atoms with E-state index in [1.165, 1.54) is 19.2 Å². The van der Waals surface area contributed by atoms with Crippen LogP contribution in [-0.2, 0) is 6.18 Å². The zero-order chi connectivity index (χ0) is 17.9. The number of halogens is 4. The minimum absolute atomic E-state index is 0.0833. The fourth-order valence-electron chi connectivity index (χ4n) is 2.13. The Morgan fingerprint density at radius 3 is 2.25 bits per heavy atom. The number of rotatable bonds is 4. The van der Waals surface area contributed by atoms with Gasteiger partial charge in [0.2, 0.25) is 0 Å². The van der Waals surface area contributed by atoms with Crippen LogP contribution in [0.5, 0.6) is 5.75 Å². The lowest BCUT2D eigenvalue weighted by atomic mass is 10.1. The number of benzene rings is 2. The summed E-state index contributed by atoms with van der Waals surface area (Å²) >= 11 is 0. The molecule has 0 aliphatic carbocycles. The Hall–Kier alpha value is -2.57. The van der Waals surface area contributed by atoms with E-state index >= 15 is 0 Å². The first-order valence-corrected chi connectivity index (χ1v) is 7.04. The molecular weight excluding hydrogens is 326 g/mol. The van der Waals surface area contributed by atoms with Crippen molar-refractivity contribution in [3.05, 3.63) is 65.0 Å². The molecule has 1 N–H and O–H groups in total. The summed E-state index contributed by atoms with van der Waals surface area (Å²) in [6.45, 7) is 1.64. The summed E-state index contributed by atoms with van der Waals surface area (Å²) in [5.74, 6) is -1.03. The molecule has 0 radical (unpaired) electrons. The van der Waals surface area contributed by atoms with Gasteiger partial charge in [-0.15, -0.1) is 0 Å². The molecule has 0 saturated carbocycles. The highest BCUT2D eigenvalue weighted by molar-refractivity contribution is 5.94. The summed E-state index contributed by atoms with van der Waals surface area (Å²) < 4.78 is 56.0. The highest BCUT2D eigenvalue weighted by Gasteiger charge is 2.30. The second-order valence-corrected chi connectivity index (χ2v) is 5.16. The molecule has 1 atom stereocenters. The first-order chi connectivity index (χ1) is 11.2. The van der Waals surface area contributed by atoms with Gasteiger partial charge in [-0.05, 0) is 48.9 Å². The molecule has 2 aromatic carbocycles. The number of nitrogens with one attached hydrogen (secondary N) is 1. The highest BCUT2D eigenvalue weighted by atomic mass is 19.4. The van der Waals surface area contributed by atoms with Crippen LogP contribution in [0.3, 0.4) is 0 Å². The standard InChI is InChI=1S/C17H15F4NO2/c1-10(12-5-8-15(24-2)14(18)9-12)22-16(23)11-3-6-13(7-4-11)17(19,20)21/h3-10H,1-2H3,(H,22,23)/t10-/m0/s1. The van der Waals surface area contributed by atoms with E-state index in [2.05, 4.69) is 5.32 Å². The smallest absolute Gasteiger partial charge is 0.416 e. The van der Waals surface area contributed by atoms with Gasteiger partial charge in [-0.25, -0.2) is 4.39 Å². The summed E-state index contributed by atoms with van der Waals surface area (Å²) in [5.41, 5.74) is -0.235. The SMILES string of the molecule is COc1ccc([C@H](C)NC(=O)c2ccc(C(F)(F)F)cc2)cc1F. The van der Waals surface area contributed by atoms with Crippen LogP contribution in [-0.4, -0.2) is 13.0 Å². The van der Waals surface area contributed by atoms with Crippen molar-refractivity contribution in [1.82, 2.24) is 5.32 Å². The molecule has 0 saturated heterocycles. The van der Waals surface area contributed by atoms with Crippen LogP contribution in [0.15, 0.2) is 42.5 Å². The van der Waals surface area contributed by atoms with Gasteiger partial charge < -0.3 is 10.1 Å². The summed E-state index contributed by atoms with van der Waals surface area (Å²) in [7, 11) is 1.34. The van der Waals surface area contributed by atoms with Crippen LogP contribution in [0.2, 0.25) is 0 Å². The topological polar surface area (TPSA) is 38.3 Å². The number of ether oxygens (including phenoxy) is 1. The monoisotopic (exact) mass is 341 g/mol. The summed E-state index contributed by atoms with van der Waals surface area (Å²) in [5, 5.41) is 2.61. The number of carbonyl (C=O) groups excluding carboxylic acids is 1. The van der Waals surface area contributed by atoms with Crippen LogP contribution in [0.4, 0.5) is 17.6 Å². The minimum atomic E-state index is -4.46. The lowest BCUT2D eigenvalue weighted by Crippen LogP contribution is -2.26. The molecule has 3 nitrogen and oxygen atoms in total. The third kappa shape index (κ3) is 4.04. The van der Waals surface area contributed by atoms with Crippen LogP contribution in [0, 0.1) is 5.82 Å². The van der Waals surface area contributed by atoms with Gasteiger partial charge in [0.05, 0.1) is 18.7 Å². The quantitative estimate of drug-likeness (QED) is 0.840. The van der Waals surface area contributed by atoms with Crippen molar-refractivity contribution in [2.75, 3.05) is 7.11 Å². The molecule has 0 spiro atoms. The molecule has 0 heterocycles. The van der Waals surface area contributed by atoms with Gasteiger partial charge in [0.1, 0.15) is 0 Å². The largest absolute Gasteiger partial charge is 0.494 e. The second-order valence-electron chi connectivity index (χ2n) is 5.16. The van der Waals surface area contributed by atoms with Gasteiger partial charge >= 0.3 is 6.18 Å². The lowest BCUT2D eigenvalue weighted by molar-refractivity contribution is -0.137. The molecule has 0 fully saturated rings. The van der Waals surface area contributed by atoms with Crippen molar-refractivity contribution in [3.63, 3.8) is 0 Å². The van der Waals surface area contributed by atoms with Gasteiger partial charge in [0.15, 0.2) is 11.6 Å². The van der Waals surface area contributed by atoms with Gasteiger partial charge in [-0.3, -0.25) is 4.79 Å². The molecular formula is C17H15F4NO2. The lowest BCUT2D eigenvalue weighted by Gasteiger charge is -2.15. The molecule has 0 unspecified atom stereocenters. The molecule has 0 aromatic heterocycles. The van der Waals surface area contributed by atoms with Crippen molar-refractivity contribution in [2.45, 2.75) is 19.1 Å². The average Bonchev–Trinajstić information content (AvgIpc) is 2.54. The Bertz CT molecular complexity index is 726. The molecule has 1 amide bonds. The molecule has 0 aliphatic heterocycles. The molecule has 7 heteroatoms. The number of alkyl halides is 3. The highest BCUT2D eigenvalue weighted by Crippen LogP contribution is 2.29. The summed E-state index contributed by atoms with van der Waals surface area (Å²) in [6, 6.07) is 7.61. The van der Waals surface area contributed by atoms with E-state index in [4.69, 9.17) is 4.74 Å². The first-order valence-electron chi connectivity index (χ1n) is 7.04. The van der Waals surface area contributed by atoms with Crippen molar-refractivity contribution in [1.29, 1.82) is 0 Å². The van der Waals surface area contributed by atoms with Crippen LogP contribution in [0.25, 0.3) is 0 Å². The fourth-order valence-corrected chi connectivity index (χ4v) is 2.13. The summed E-state index contributed by atoms with van der Waals surface area (Å²) in [4.78, 5) is 12.1. The van der Waals surface area contributed by atoms with Crippen molar-refractivity contribution in [3.8, 4) is 5.75 Å². The maximum Gasteiger partial charge on any atom is 0.416 e. The molecule has 24 heavy (non-hydrogen) atoms. The van der Waals surface area contributed by atoms with Gasteiger partial charge in [0.25, 0.3) is 5.91 Å². The van der Waals surface area contributed by atoms with E-state index in [1.807, 2.05) is 0 Å². The maximum absolute atomic E-state index is 13.7. The Balaban J connectivity index is 2.10. The third-order valence-corrected chi connectivity index (χ3v) is 3.50. The Kier molecular flexibility index (Phi) is 5.11. The zero-order valence-electron chi connectivity index (χ0n) is 12.9. The van der Waals surface area contributed by atoms with Crippen LogP contribution in [0.1, 0.15) is 34.5 Å². The second kappa shape index (κ2) is 6.90. The molecule has 128 valence electrons. The number of amides is 1. The Morgan fingerprint density at radius 2 is 1.75 bits per heavy atom. The zero-order valence-corrected chi connectivity index (χ0v) is 12.9. The predicted octanol–water partition coefficient (Wildman–Crippen LogP) is 4.34. The first kappa shape index (κ1) is 17.8. The third-order valence-electron chi connectivity index (χ3n) is 3.50. The van der Waals surface area contributed by atoms with E-state index in [-0.39, 0.29) is 11.3 Å². The van der Waals surface area contributed by atoms with Crippen LogP contribution >= 0.6 is 0 Å². The maximum atomic E-state index is 13.7. The van der Waals surface area contributed by atoms with Crippen molar-refractivity contribution in [2.24, 2.45) is 0 Å². The van der Waals surface area contributed by atoms with Crippen LogP contribution < -0.4 is 10.1 Å². The molecule has 2 aromatic rings. The summed E-state index contributed by atoms with van der Waals surface area (Å²) in [6.07, 6.45) is -4.46. The van der Waals surface area contributed by atoms with E-state index < -0.39 is 29.5 Å². The van der Waals surface area contributed by atoms with Crippen molar-refractivity contribution < 1.29 is 27.1 Å². The van der Waals surface area contributed by atoms with E-state index in [9.17, 15) is 22.4 Å². The van der Waals surface area contributed by atoms with Gasteiger partial charge in [-0.1, -0.05) is 6.07 Å². The predicted molar refractivity (Wildman–Crippen MR) is 80.3 cm³/mol. The average molecular weight is 341 g/mol.